The van der Waals surface area contributed by atoms with Crippen molar-refractivity contribution in [3.8, 4) is 5.75 Å². The first-order chi connectivity index (χ1) is 12.9. The zero-order valence-electron chi connectivity index (χ0n) is 14.6. The van der Waals surface area contributed by atoms with E-state index in [0.29, 0.717) is 35.2 Å². The lowest BCUT2D eigenvalue weighted by atomic mass is 10.1. The van der Waals surface area contributed by atoms with Gasteiger partial charge in [-0.3, -0.25) is 0 Å². The minimum absolute atomic E-state index is 0.143. The Labute approximate surface area is 161 Å². The number of hydrogen-bond acceptors (Lipinski definition) is 6. The van der Waals surface area contributed by atoms with Gasteiger partial charge in [0.1, 0.15) is 28.9 Å². The second kappa shape index (κ2) is 6.94. The SMILES string of the molecule is Cc1ccc(N2CCOc3cc(S(=O)(=O)Cc4nccs4)ccc32)cc1F. The first-order valence-corrected chi connectivity index (χ1v) is 10.9. The van der Waals surface area contributed by atoms with Crippen molar-refractivity contribution in [1.29, 1.82) is 0 Å². The molecule has 4 rings (SSSR count). The average molecular weight is 404 g/mol. The third-order valence-corrected chi connectivity index (χ3v) is 7.01. The van der Waals surface area contributed by atoms with Crippen LogP contribution in [0.25, 0.3) is 0 Å². The molecule has 0 fully saturated rings. The molecule has 0 unspecified atom stereocenters. The lowest BCUT2D eigenvalue weighted by Gasteiger charge is -2.31. The van der Waals surface area contributed by atoms with E-state index in [9.17, 15) is 12.8 Å². The normalized spacial score (nSPS) is 13.9. The highest BCUT2D eigenvalue weighted by atomic mass is 32.2. The van der Waals surface area contributed by atoms with Crippen LogP contribution < -0.4 is 9.64 Å². The lowest BCUT2D eigenvalue weighted by molar-refractivity contribution is 0.313. The van der Waals surface area contributed by atoms with Gasteiger partial charge >= 0.3 is 0 Å². The Hall–Kier alpha value is -2.45. The molecule has 0 saturated carbocycles. The molecule has 2 aromatic carbocycles. The first kappa shape index (κ1) is 17.9. The fourth-order valence-corrected chi connectivity index (χ4v) is 5.25. The maximum atomic E-state index is 14.0. The molecule has 0 aliphatic carbocycles. The number of rotatable bonds is 4. The van der Waals surface area contributed by atoms with Crippen molar-refractivity contribution < 1.29 is 17.5 Å². The van der Waals surface area contributed by atoms with E-state index in [-0.39, 0.29) is 16.5 Å². The van der Waals surface area contributed by atoms with E-state index in [1.54, 1.807) is 36.7 Å². The van der Waals surface area contributed by atoms with Crippen LogP contribution in [0.15, 0.2) is 52.9 Å². The van der Waals surface area contributed by atoms with Gasteiger partial charge in [-0.2, -0.15) is 0 Å². The number of benzene rings is 2. The van der Waals surface area contributed by atoms with Crippen LogP contribution in [0.3, 0.4) is 0 Å². The molecule has 2 heterocycles. The third-order valence-electron chi connectivity index (χ3n) is 4.42. The molecule has 0 radical (unpaired) electrons. The van der Waals surface area contributed by atoms with Gasteiger partial charge in [-0.15, -0.1) is 11.3 Å². The Morgan fingerprint density at radius 1 is 1.26 bits per heavy atom. The molecular formula is C19H17FN2O3S2. The summed E-state index contributed by atoms with van der Waals surface area (Å²) < 4.78 is 45.0. The fraction of sp³-hybridized carbons (Fsp3) is 0.211. The van der Waals surface area contributed by atoms with Crippen LogP contribution >= 0.6 is 11.3 Å². The molecule has 0 N–H and O–H groups in total. The van der Waals surface area contributed by atoms with Crippen LogP contribution in [0.5, 0.6) is 5.75 Å². The number of nitrogens with zero attached hydrogens (tertiary/aromatic N) is 2. The second-order valence-corrected chi connectivity index (χ2v) is 9.22. The molecule has 1 aromatic heterocycles. The summed E-state index contributed by atoms with van der Waals surface area (Å²) in [5.74, 6) is 0.0571. The number of aryl methyl sites for hydroxylation is 1. The molecule has 5 nitrogen and oxygen atoms in total. The van der Waals surface area contributed by atoms with Crippen molar-refractivity contribution >= 4 is 32.5 Å². The van der Waals surface area contributed by atoms with Gasteiger partial charge in [0.25, 0.3) is 0 Å². The van der Waals surface area contributed by atoms with Crippen molar-refractivity contribution in [1.82, 2.24) is 4.98 Å². The average Bonchev–Trinajstić information content (AvgIpc) is 3.15. The minimum atomic E-state index is -3.52. The van der Waals surface area contributed by atoms with Crippen molar-refractivity contribution in [3.05, 3.63) is 64.4 Å². The van der Waals surface area contributed by atoms with E-state index < -0.39 is 9.84 Å². The Kier molecular flexibility index (Phi) is 4.61. The van der Waals surface area contributed by atoms with E-state index in [0.717, 1.165) is 5.69 Å². The highest BCUT2D eigenvalue weighted by Gasteiger charge is 2.24. The summed E-state index contributed by atoms with van der Waals surface area (Å²) in [6.45, 7) is 2.66. The molecule has 0 amide bonds. The highest BCUT2D eigenvalue weighted by Crippen LogP contribution is 2.38. The molecule has 8 heteroatoms. The maximum Gasteiger partial charge on any atom is 0.185 e. The van der Waals surface area contributed by atoms with Crippen molar-refractivity contribution in [2.75, 3.05) is 18.1 Å². The summed E-state index contributed by atoms with van der Waals surface area (Å²) in [6.07, 6.45) is 1.59. The predicted molar refractivity (Wildman–Crippen MR) is 103 cm³/mol. The Morgan fingerprint density at radius 2 is 2.11 bits per heavy atom. The number of ether oxygens (including phenoxy) is 1. The fourth-order valence-electron chi connectivity index (χ4n) is 2.98. The van der Waals surface area contributed by atoms with Gasteiger partial charge in [-0.25, -0.2) is 17.8 Å². The molecular weight excluding hydrogens is 387 g/mol. The standard InChI is InChI=1S/C19H17FN2O3S2/c1-13-2-3-14(10-16(13)20)22-7-8-25-18-11-15(4-5-17(18)22)27(23,24)12-19-21-6-9-26-19/h2-6,9-11H,7-8,12H2,1H3. The molecule has 0 atom stereocenters. The van der Waals surface area contributed by atoms with Gasteiger partial charge in [0.2, 0.25) is 0 Å². The quantitative estimate of drug-likeness (QED) is 0.655. The minimum Gasteiger partial charge on any atom is -0.489 e. The summed E-state index contributed by atoms with van der Waals surface area (Å²) in [7, 11) is -3.52. The molecule has 140 valence electrons. The molecule has 3 aromatic rings. The number of sulfone groups is 1. The molecule has 0 spiro atoms. The van der Waals surface area contributed by atoms with E-state index in [2.05, 4.69) is 4.98 Å². The summed E-state index contributed by atoms with van der Waals surface area (Å²) >= 11 is 1.31. The summed E-state index contributed by atoms with van der Waals surface area (Å²) in [6, 6.07) is 9.87. The monoisotopic (exact) mass is 404 g/mol. The van der Waals surface area contributed by atoms with Gasteiger partial charge < -0.3 is 9.64 Å². The van der Waals surface area contributed by atoms with Gasteiger partial charge in [0.05, 0.1) is 17.1 Å². The second-order valence-electron chi connectivity index (χ2n) is 6.25. The maximum absolute atomic E-state index is 14.0. The summed E-state index contributed by atoms with van der Waals surface area (Å²) in [5, 5.41) is 2.30. The van der Waals surface area contributed by atoms with E-state index in [1.807, 2.05) is 11.0 Å². The predicted octanol–water partition coefficient (Wildman–Crippen LogP) is 4.10. The first-order valence-electron chi connectivity index (χ1n) is 8.36. The zero-order valence-corrected chi connectivity index (χ0v) is 16.2. The van der Waals surface area contributed by atoms with Gasteiger partial charge in [0, 0.05) is 23.3 Å². The number of aromatic nitrogens is 1. The molecule has 27 heavy (non-hydrogen) atoms. The van der Waals surface area contributed by atoms with Crippen LogP contribution in [-0.2, 0) is 15.6 Å². The van der Waals surface area contributed by atoms with E-state index in [1.165, 1.54) is 23.5 Å². The number of hydrogen-bond donors (Lipinski definition) is 0. The number of halogens is 1. The smallest absolute Gasteiger partial charge is 0.185 e. The van der Waals surface area contributed by atoms with E-state index >= 15 is 0 Å². The summed E-state index contributed by atoms with van der Waals surface area (Å²) in [4.78, 5) is 6.16. The number of anilines is 2. The lowest BCUT2D eigenvalue weighted by Crippen LogP contribution is -2.28. The zero-order chi connectivity index (χ0) is 19.0. The van der Waals surface area contributed by atoms with Crippen LogP contribution in [0, 0.1) is 12.7 Å². The van der Waals surface area contributed by atoms with Gasteiger partial charge in [-0.1, -0.05) is 6.07 Å². The molecule has 0 bridgehead atoms. The van der Waals surface area contributed by atoms with Gasteiger partial charge in [-0.05, 0) is 36.8 Å². The van der Waals surface area contributed by atoms with Crippen molar-refractivity contribution in [2.45, 2.75) is 17.6 Å². The highest BCUT2D eigenvalue weighted by molar-refractivity contribution is 7.90. The molecule has 0 saturated heterocycles. The van der Waals surface area contributed by atoms with Crippen LogP contribution in [-0.4, -0.2) is 26.6 Å². The van der Waals surface area contributed by atoms with Crippen LogP contribution in [0.1, 0.15) is 10.6 Å². The van der Waals surface area contributed by atoms with Crippen molar-refractivity contribution in [2.24, 2.45) is 0 Å². The largest absolute Gasteiger partial charge is 0.489 e. The van der Waals surface area contributed by atoms with Crippen LogP contribution in [0.2, 0.25) is 0 Å². The Bertz CT molecular complexity index is 1080. The Balaban J connectivity index is 1.68. The third kappa shape index (κ3) is 3.54. The summed E-state index contributed by atoms with van der Waals surface area (Å²) in [5.41, 5.74) is 2.01. The van der Waals surface area contributed by atoms with Crippen molar-refractivity contribution in [3.63, 3.8) is 0 Å². The molecule has 1 aliphatic rings. The van der Waals surface area contributed by atoms with Crippen LogP contribution in [0.4, 0.5) is 15.8 Å². The topological polar surface area (TPSA) is 59.5 Å². The number of fused-ring (bicyclic) bond motifs is 1. The molecule has 1 aliphatic heterocycles. The number of thiazole rings is 1. The van der Waals surface area contributed by atoms with E-state index in [4.69, 9.17) is 4.74 Å². The van der Waals surface area contributed by atoms with Gasteiger partial charge in [0.15, 0.2) is 9.84 Å². The Morgan fingerprint density at radius 3 is 2.85 bits per heavy atom.